The third-order valence-corrected chi connectivity index (χ3v) is 4.55. The van der Waals surface area contributed by atoms with Crippen LogP contribution in [0.1, 0.15) is 30.1 Å². The summed E-state index contributed by atoms with van der Waals surface area (Å²) in [7, 11) is 2.11. The van der Waals surface area contributed by atoms with Crippen LogP contribution in [0.2, 0.25) is 0 Å². The average Bonchev–Trinajstić information content (AvgIpc) is 2.94. The van der Waals surface area contributed by atoms with Gasteiger partial charge in [0, 0.05) is 36.5 Å². The molecule has 0 bridgehead atoms. The van der Waals surface area contributed by atoms with E-state index in [0.717, 1.165) is 36.0 Å². The van der Waals surface area contributed by atoms with Crippen molar-refractivity contribution >= 4 is 23.0 Å². The summed E-state index contributed by atoms with van der Waals surface area (Å²) in [5.41, 5.74) is 1.11. The molecule has 1 N–H and O–H groups in total. The summed E-state index contributed by atoms with van der Waals surface area (Å²) in [6, 6.07) is 4.69. The van der Waals surface area contributed by atoms with E-state index in [4.69, 9.17) is 0 Å². The van der Waals surface area contributed by atoms with Gasteiger partial charge < -0.3 is 10.2 Å². The van der Waals surface area contributed by atoms with Crippen molar-refractivity contribution in [3.05, 3.63) is 33.8 Å². The maximum atomic E-state index is 4.64. The quantitative estimate of drug-likeness (QED) is 0.884. The van der Waals surface area contributed by atoms with Crippen molar-refractivity contribution in [1.29, 1.82) is 0 Å². The zero-order valence-corrected chi connectivity index (χ0v) is 14.3. The summed E-state index contributed by atoms with van der Waals surface area (Å²) in [5.74, 6) is 2.76. The maximum absolute atomic E-state index is 4.64. The minimum atomic E-state index is 0.395. The molecule has 21 heavy (non-hydrogen) atoms. The van der Waals surface area contributed by atoms with Gasteiger partial charge in [0.15, 0.2) is 0 Å². The van der Waals surface area contributed by atoms with Crippen LogP contribution in [0.4, 0.5) is 11.6 Å². The fraction of sp³-hybridized carbons (Fsp3) is 0.500. The average molecular weight is 304 g/mol. The van der Waals surface area contributed by atoms with Crippen LogP contribution in [-0.4, -0.2) is 29.6 Å². The largest absolute Gasteiger partial charge is 0.370 e. The van der Waals surface area contributed by atoms with E-state index in [1.807, 2.05) is 18.3 Å². The molecule has 5 heteroatoms. The number of hydrogen-bond acceptors (Lipinski definition) is 5. The van der Waals surface area contributed by atoms with Gasteiger partial charge in [0.25, 0.3) is 0 Å². The number of thiophene rings is 1. The van der Waals surface area contributed by atoms with Crippen LogP contribution in [0, 0.1) is 13.8 Å². The Bertz CT molecular complexity index is 580. The number of aromatic nitrogens is 2. The van der Waals surface area contributed by atoms with E-state index in [1.165, 1.54) is 4.88 Å². The Morgan fingerprint density at radius 3 is 2.71 bits per heavy atom. The molecule has 2 rings (SSSR count). The highest BCUT2D eigenvalue weighted by Crippen LogP contribution is 2.25. The minimum absolute atomic E-state index is 0.395. The maximum Gasteiger partial charge on any atom is 0.137 e. The number of hydrogen-bond donors (Lipinski definition) is 1. The normalized spacial score (nSPS) is 12.2. The van der Waals surface area contributed by atoms with Crippen LogP contribution in [0.3, 0.4) is 0 Å². The number of anilines is 2. The van der Waals surface area contributed by atoms with Crippen molar-refractivity contribution in [2.24, 2.45) is 0 Å². The van der Waals surface area contributed by atoms with E-state index in [0.29, 0.717) is 6.04 Å². The number of nitrogens with one attached hydrogen (secondary N) is 1. The lowest BCUT2D eigenvalue weighted by Gasteiger charge is -2.28. The van der Waals surface area contributed by atoms with Crippen LogP contribution in [-0.2, 0) is 6.42 Å². The van der Waals surface area contributed by atoms with Crippen LogP contribution in [0.5, 0.6) is 0 Å². The van der Waals surface area contributed by atoms with E-state index < -0.39 is 0 Å². The fourth-order valence-corrected chi connectivity index (χ4v) is 3.19. The standard InChI is InChI=1S/C16H24N4S/c1-6-17-15-12(3)16(19-13(4)18-15)20(5)11(2)10-14-8-7-9-21-14/h7-9,11H,6,10H2,1-5H3,(H,17,18,19). The summed E-state index contributed by atoms with van der Waals surface area (Å²) in [6.45, 7) is 9.22. The molecule has 0 aliphatic rings. The summed E-state index contributed by atoms with van der Waals surface area (Å²) in [6.07, 6.45) is 1.03. The molecular weight excluding hydrogens is 280 g/mol. The lowest BCUT2D eigenvalue weighted by atomic mass is 10.1. The van der Waals surface area contributed by atoms with E-state index in [9.17, 15) is 0 Å². The van der Waals surface area contributed by atoms with Gasteiger partial charge in [-0.1, -0.05) is 6.07 Å². The fourth-order valence-electron chi connectivity index (χ4n) is 2.36. The van der Waals surface area contributed by atoms with E-state index >= 15 is 0 Å². The van der Waals surface area contributed by atoms with Gasteiger partial charge in [0.1, 0.15) is 17.5 Å². The molecule has 0 aliphatic carbocycles. The monoisotopic (exact) mass is 304 g/mol. The first-order valence-electron chi connectivity index (χ1n) is 7.37. The molecule has 2 heterocycles. The molecule has 0 amide bonds. The minimum Gasteiger partial charge on any atom is -0.370 e. The molecule has 2 aromatic heterocycles. The van der Waals surface area contributed by atoms with Gasteiger partial charge in [-0.2, -0.15) is 0 Å². The Hall–Kier alpha value is -1.62. The third kappa shape index (κ3) is 3.73. The Labute approximate surface area is 131 Å². The number of nitrogens with zero attached hydrogens (tertiary/aromatic N) is 3. The Morgan fingerprint density at radius 1 is 1.33 bits per heavy atom. The zero-order chi connectivity index (χ0) is 15.4. The van der Waals surface area contributed by atoms with Gasteiger partial charge >= 0.3 is 0 Å². The summed E-state index contributed by atoms with van der Waals surface area (Å²) >= 11 is 1.81. The summed E-state index contributed by atoms with van der Waals surface area (Å²) < 4.78 is 0. The van der Waals surface area contributed by atoms with Gasteiger partial charge in [-0.3, -0.25) is 0 Å². The molecule has 0 spiro atoms. The number of likely N-dealkylation sites (N-methyl/N-ethyl adjacent to an activating group) is 1. The first kappa shape index (κ1) is 15.8. The highest BCUT2D eigenvalue weighted by Gasteiger charge is 2.17. The van der Waals surface area contributed by atoms with Crippen LogP contribution in [0.15, 0.2) is 17.5 Å². The van der Waals surface area contributed by atoms with Crippen molar-refractivity contribution in [3.8, 4) is 0 Å². The predicted octanol–water partition coefficient (Wildman–Crippen LogP) is 3.65. The van der Waals surface area contributed by atoms with E-state index in [1.54, 1.807) is 0 Å². The van der Waals surface area contributed by atoms with Crippen LogP contribution < -0.4 is 10.2 Å². The molecule has 114 valence electrons. The van der Waals surface area contributed by atoms with Crippen molar-refractivity contribution in [1.82, 2.24) is 9.97 Å². The summed E-state index contributed by atoms with van der Waals surface area (Å²) in [5, 5.41) is 5.45. The van der Waals surface area contributed by atoms with Gasteiger partial charge in [-0.25, -0.2) is 9.97 Å². The van der Waals surface area contributed by atoms with Crippen molar-refractivity contribution in [3.63, 3.8) is 0 Å². The molecule has 1 unspecified atom stereocenters. The smallest absolute Gasteiger partial charge is 0.137 e. The number of aryl methyl sites for hydroxylation is 1. The SMILES string of the molecule is CCNc1nc(C)nc(N(C)C(C)Cc2cccs2)c1C. The number of rotatable bonds is 6. The first-order valence-corrected chi connectivity index (χ1v) is 8.25. The van der Waals surface area contributed by atoms with E-state index in [-0.39, 0.29) is 0 Å². The van der Waals surface area contributed by atoms with Crippen molar-refractivity contribution in [2.75, 3.05) is 23.8 Å². The molecule has 0 saturated heterocycles. The van der Waals surface area contributed by atoms with Crippen molar-refractivity contribution < 1.29 is 0 Å². The highest BCUT2D eigenvalue weighted by molar-refractivity contribution is 7.09. The van der Waals surface area contributed by atoms with Gasteiger partial charge in [0.2, 0.25) is 0 Å². The molecule has 2 aromatic rings. The topological polar surface area (TPSA) is 41.1 Å². The van der Waals surface area contributed by atoms with Crippen LogP contribution >= 0.6 is 11.3 Å². The van der Waals surface area contributed by atoms with Gasteiger partial charge in [-0.15, -0.1) is 11.3 Å². The Kier molecular flexibility index (Phi) is 5.17. The lowest BCUT2D eigenvalue weighted by molar-refractivity contribution is 0.675. The molecule has 0 radical (unpaired) electrons. The second-order valence-corrected chi connectivity index (χ2v) is 6.37. The second-order valence-electron chi connectivity index (χ2n) is 5.34. The molecule has 0 aliphatic heterocycles. The van der Waals surface area contributed by atoms with Crippen molar-refractivity contribution in [2.45, 2.75) is 40.2 Å². The summed E-state index contributed by atoms with van der Waals surface area (Å²) in [4.78, 5) is 12.8. The molecule has 0 saturated carbocycles. The Balaban J connectivity index is 2.23. The third-order valence-electron chi connectivity index (χ3n) is 3.65. The first-order chi connectivity index (χ1) is 10.0. The Morgan fingerprint density at radius 2 is 2.10 bits per heavy atom. The van der Waals surface area contributed by atoms with E-state index in [2.05, 4.69) is 65.5 Å². The molecule has 4 nitrogen and oxygen atoms in total. The molecular formula is C16H24N4S. The highest BCUT2D eigenvalue weighted by atomic mass is 32.1. The zero-order valence-electron chi connectivity index (χ0n) is 13.5. The van der Waals surface area contributed by atoms with Crippen LogP contribution in [0.25, 0.3) is 0 Å². The molecule has 0 fully saturated rings. The van der Waals surface area contributed by atoms with Gasteiger partial charge in [-0.05, 0) is 39.1 Å². The predicted molar refractivity (Wildman–Crippen MR) is 91.6 cm³/mol. The molecule has 0 aromatic carbocycles. The second kappa shape index (κ2) is 6.89. The lowest BCUT2D eigenvalue weighted by Crippen LogP contribution is -2.32. The molecule has 1 atom stereocenters. The van der Waals surface area contributed by atoms with Gasteiger partial charge in [0.05, 0.1) is 0 Å².